The fourth-order valence-corrected chi connectivity index (χ4v) is 19.3. The van der Waals surface area contributed by atoms with Gasteiger partial charge in [0.15, 0.2) is 0 Å². The Labute approximate surface area is 543 Å². The van der Waals surface area contributed by atoms with Gasteiger partial charge >= 0.3 is 0 Å². The van der Waals surface area contributed by atoms with Gasteiger partial charge in [-0.05, 0) is 195 Å². The Kier molecular flexibility index (Phi) is 13.1. The lowest BCUT2D eigenvalue weighted by atomic mass is 9.95. The summed E-state index contributed by atoms with van der Waals surface area (Å²) in [5.74, 6) is 0. The van der Waals surface area contributed by atoms with E-state index in [1.165, 1.54) is 163 Å². The SMILES string of the molecule is C1=CC(c2cccc3ccccc23)=CC=C(c2ccc(-c3ccc4c(c3)c3cc(-c5ccc(-c6ccc(-c7cccc8ccccc78)cc6)cc5)ccc3n4-c3ccc4c(c3)S(c3ccccc3)(c3ccccc3)c3cc(-c5cccc6ccccc56)ccc3-4)cc2)C1. The number of hydrogen-bond acceptors (Lipinski definition) is 0. The highest BCUT2D eigenvalue weighted by atomic mass is 32.3. The maximum Gasteiger partial charge on any atom is 0.0541 e. The summed E-state index contributed by atoms with van der Waals surface area (Å²) in [7, 11) is -2.04. The maximum atomic E-state index is 2.55. The lowest BCUT2D eigenvalue weighted by Gasteiger charge is -2.39. The van der Waals surface area contributed by atoms with E-state index in [1.807, 2.05) is 0 Å². The molecule has 0 atom stereocenters. The average Bonchev–Trinajstić information content (AvgIpc) is 1.55. The average molecular weight is 1200 g/mol. The van der Waals surface area contributed by atoms with Crippen molar-refractivity contribution >= 4 is 75.3 Å². The third kappa shape index (κ3) is 9.16. The molecule has 2 aliphatic rings. The fourth-order valence-electron chi connectivity index (χ4n) is 15.0. The van der Waals surface area contributed by atoms with Crippen LogP contribution < -0.4 is 0 Å². The Morgan fingerprint density at radius 3 is 1.22 bits per heavy atom. The monoisotopic (exact) mass is 1200 g/mol. The molecule has 0 fully saturated rings. The van der Waals surface area contributed by atoms with Crippen molar-refractivity contribution in [2.45, 2.75) is 26.0 Å². The first kappa shape index (κ1) is 54.4. The number of nitrogens with zero attached hydrogens (tertiary/aromatic N) is 1. The van der Waals surface area contributed by atoms with Crippen LogP contribution in [0.2, 0.25) is 0 Å². The van der Waals surface area contributed by atoms with Crippen molar-refractivity contribution in [2.75, 3.05) is 0 Å². The topological polar surface area (TPSA) is 4.93 Å². The van der Waals surface area contributed by atoms with E-state index in [9.17, 15) is 0 Å². The van der Waals surface area contributed by atoms with E-state index in [-0.39, 0.29) is 0 Å². The van der Waals surface area contributed by atoms with Gasteiger partial charge in [0.1, 0.15) is 0 Å². The van der Waals surface area contributed by atoms with Gasteiger partial charge in [0.05, 0.1) is 11.0 Å². The van der Waals surface area contributed by atoms with Crippen molar-refractivity contribution in [3.05, 3.63) is 369 Å². The molecule has 0 spiro atoms. The number of hydrogen-bond donors (Lipinski definition) is 0. The van der Waals surface area contributed by atoms with Crippen molar-refractivity contribution in [3.63, 3.8) is 0 Å². The van der Waals surface area contributed by atoms with Crippen molar-refractivity contribution in [2.24, 2.45) is 0 Å². The van der Waals surface area contributed by atoms with E-state index in [4.69, 9.17) is 0 Å². The van der Waals surface area contributed by atoms with Crippen molar-refractivity contribution in [1.29, 1.82) is 0 Å². The zero-order valence-electron chi connectivity index (χ0n) is 51.1. The largest absolute Gasteiger partial charge is 0.309 e. The van der Waals surface area contributed by atoms with Crippen LogP contribution >= 0.6 is 10.0 Å². The molecule has 436 valence electrons. The minimum atomic E-state index is -2.04. The molecule has 93 heavy (non-hydrogen) atoms. The molecule has 1 aliphatic carbocycles. The zero-order chi connectivity index (χ0) is 61.4. The van der Waals surface area contributed by atoms with Crippen LogP contribution in [-0.4, -0.2) is 4.57 Å². The molecule has 18 rings (SSSR count). The van der Waals surface area contributed by atoms with Crippen LogP contribution in [0, 0.1) is 0 Å². The minimum absolute atomic E-state index is 0.862. The van der Waals surface area contributed by atoms with E-state index in [0.717, 1.165) is 12.1 Å². The molecular formula is C91H61NS. The smallest absolute Gasteiger partial charge is 0.0541 e. The first-order valence-corrected chi connectivity index (χ1v) is 33.9. The number of fused-ring (bicyclic) bond motifs is 9. The van der Waals surface area contributed by atoms with Crippen LogP contribution in [0.15, 0.2) is 378 Å². The molecule has 16 aromatic rings. The lowest BCUT2D eigenvalue weighted by Crippen LogP contribution is -2.03. The van der Waals surface area contributed by atoms with Crippen LogP contribution in [0.5, 0.6) is 0 Å². The Hall–Kier alpha value is -11.6. The normalized spacial score (nSPS) is 13.6. The van der Waals surface area contributed by atoms with Gasteiger partial charge in [-0.1, -0.05) is 291 Å². The van der Waals surface area contributed by atoms with Gasteiger partial charge in [0.2, 0.25) is 0 Å². The third-order valence-electron chi connectivity index (χ3n) is 19.5. The van der Waals surface area contributed by atoms with Gasteiger partial charge in [-0.3, -0.25) is 0 Å². The molecule has 2 heteroatoms. The van der Waals surface area contributed by atoms with Gasteiger partial charge in [-0.15, -0.1) is 10.0 Å². The molecule has 1 nitrogen and oxygen atoms in total. The summed E-state index contributed by atoms with van der Waals surface area (Å²) in [6.45, 7) is 0. The summed E-state index contributed by atoms with van der Waals surface area (Å²) >= 11 is 0. The zero-order valence-corrected chi connectivity index (χ0v) is 51.9. The third-order valence-corrected chi connectivity index (χ3v) is 23.5. The Morgan fingerprint density at radius 2 is 0.667 bits per heavy atom. The molecule has 2 heterocycles. The van der Waals surface area contributed by atoms with Crippen molar-refractivity contribution in [3.8, 4) is 72.4 Å². The van der Waals surface area contributed by atoms with Crippen molar-refractivity contribution in [1.82, 2.24) is 4.57 Å². The Morgan fingerprint density at radius 1 is 0.258 bits per heavy atom. The highest BCUT2D eigenvalue weighted by Crippen LogP contribution is 2.80. The molecule has 0 radical (unpaired) electrons. The predicted octanol–water partition coefficient (Wildman–Crippen LogP) is 25.3. The second-order valence-corrected chi connectivity index (χ2v) is 27.7. The van der Waals surface area contributed by atoms with Gasteiger partial charge in [0, 0.05) is 36.0 Å². The first-order valence-electron chi connectivity index (χ1n) is 32.2. The highest BCUT2D eigenvalue weighted by Gasteiger charge is 2.43. The summed E-state index contributed by atoms with van der Waals surface area (Å²) in [5.41, 5.74) is 23.2. The second kappa shape index (κ2) is 22.4. The summed E-state index contributed by atoms with van der Waals surface area (Å²) < 4.78 is 2.53. The Bertz CT molecular complexity index is 5670. The second-order valence-electron chi connectivity index (χ2n) is 24.7. The molecule has 0 amide bonds. The van der Waals surface area contributed by atoms with E-state index in [2.05, 4.69) is 363 Å². The molecule has 1 aromatic heterocycles. The summed E-state index contributed by atoms with van der Waals surface area (Å²) in [6, 6.07) is 125. The fraction of sp³-hybridized carbons (Fsp3) is 0.0110. The van der Waals surface area contributed by atoms with E-state index >= 15 is 0 Å². The van der Waals surface area contributed by atoms with Gasteiger partial charge < -0.3 is 4.57 Å². The van der Waals surface area contributed by atoms with Crippen molar-refractivity contribution < 1.29 is 0 Å². The quantitative estimate of drug-likeness (QED) is 0.129. The van der Waals surface area contributed by atoms with Crippen LogP contribution in [0.3, 0.4) is 0 Å². The van der Waals surface area contributed by atoms with Crippen LogP contribution in [0.4, 0.5) is 0 Å². The maximum absolute atomic E-state index is 2.55. The highest BCUT2D eigenvalue weighted by molar-refractivity contribution is 8.34. The number of aromatic nitrogens is 1. The molecule has 0 N–H and O–H groups in total. The lowest BCUT2D eigenvalue weighted by molar-refractivity contribution is 1.16. The molecule has 15 aromatic carbocycles. The first-order chi connectivity index (χ1) is 46.1. The number of rotatable bonds is 10. The molecular weight excluding hydrogens is 1140 g/mol. The van der Waals surface area contributed by atoms with Crippen LogP contribution in [0.25, 0.3) is 138 Å². The summed E-state index contributed by atoms with van der Waals surface area (Å²) in [5, 5.41) is 10.00. The number of allylic oxidation sites excluding steroid dienone is 6. The molecule has 0 saturated heterocycles. The predicted molar refractivity (Wildman–Crippen MR) is 396 cm³/mol. The van der Waals surface area contributed by atoms with Gasteiger partial charge in [-0.2, -0.15) is 0 Å². The molecule has 0 saturated carbocycles. The molecule has 0 unspecified atom stereocenters. The number of benzene rings is 15. The van der Waals surface area contributed by atoms with Crippen LogP contribution in [0.1, 0.15) is 17.5 Å². The van der Waals surface area contributed by atoms with E-state index < -0.39 is 10.0 Å². The van der Waals surface area contributed by atoms with Gasteiger partial charge in [0.25, 0.3) is 0 Å². The van der Waals surface area contributed by atoms with E-state index in [0.29, 0.717) is 0 Å². The van der Waals surface area contributed by atoms with Crippen LogP contribution in [-0.2, 0) is 0 Å². The standard InChI is InChI=1S/C91H61NS/c1-3-25-76(26-4-1)93(77-27-5-2-6-28-77)90-59-74(83-34-16-24-69-19-9-12-31-80(69)83)49-53-84(90)85-54-52-75(60-91(85)93)92-88-55-50-72(65-39-35-62(36-40-65)61-20-13-21-70(46-43-61)81-32-14-22-67-17-7-10-29-78(67)81)57-86(88)87-58-73(51-56-89(87)92)66-41-37-63(38-42-66)64-44-47-71(48-45-64)82-33-15-23-68-18-8-11-30-79(68)82/h1-19,21-60H,20H2. The van der Waals surface area contributed by atoms with Gasteiger partial charge in [-0.25, -0.2) is 0 Å². The summed E-state index contributed by atoms with van der Waals surface area (Å²) in [6.07, 6.45) is 10.1. The molecule has 0 bridgehead atoms. The minimum Gasteiger partial charge on any atom is -0.309 e. The summed E-state index contributed by atoms with van der Waals surface area (Å²) in [4.78, 5) is 5.37. The molecule has 1 aliphatic heterocycles. The van der Waals surface area contributed by atoms with E-state index in [1.54, 1.807) is 0 Å². The Balaban J connectivity index is 0.765.